The van der Waals surface area contributed by atoms with E-state index in [1.54, 1.807) is 48.7 Å². The maximum absolute atomic E-state index is 13.6. The largest absolute Gasteiger partial charge is 0.487 e. The number of aromatic carboxylic acids is 1. The van der Waals surface area contributed by atoms with Crippen LogP contribution in [-0.2, 0) is 22.7 Å². The van der Waals surface area contributed by atoms with Crippen LogP contribution in [0.1, 0.15) is 54.1 Å². The van der Waals surface area contributed by atoms with Gasteiger partial charge >= 0.3 is 5.97 Å². The molecule has 0 fully saturated rings. The van der Waals surface area contributed by atoms with Crippen molar-refractivity contribution in [3.63, 3.8) is 0 Å². The smallest absolute Gasteiger partial charge is 0.352 e. The van der Waals surface area contributed by atoms with Crippen LogP contribution in [0.25, 0.3) is 10.9 Å². The van der Waals surface area contributed by atoms with Gasteiger partial charge in [-0.25, -0.2) is 4.79 Å². The quantitative estimate of drug-likeness (QED) is 0.237. The number of aromatic amines is 1. The van der Waals surface area contributed by atoms with Crippen LogP contribution in [0.3, 0.4) is 0 Å². The first-order valence-corrected chi connectivity index (χ1v) is 12.6. The molecule has 0 aliphatic rings. The van der Waals surface area contributed by atoms with Crippen LogP contribution in [0, 0.1) is 0 Å². The number of amides is 2. The van der Waals surface area contributed by atoms with E-state index in [4.69, 9.17) is 16.3 Å². The number of hydrogen-bond donors (Lipinski definition) is 3. The summed E-state index contributed by atoms with van der Waals surface area (Å²) in [4.78, 5) is 46.7. The normalized spacial score (nSPS) is 12.1. The molecule has 2 aromatic heterocycles. The minimum Gasteiger partial charge on any atom is -0.487 e. The summed E-state index contributed by atoms with van der Waals surface area (Å²) in [6.07, 6.45) is 2.25. The van der Waals surface area contributed by atoms with E-state index in [1.807, 2.05) is 39.0 Å². The number of rotatable bonds is 10. The van der Waals surface area contributed by atoms with Crippen LogP contribution in [0.4, 0.5) is 0 Å². The van der Waals surface area contributed by atoms with Gasteiger partial charge < -0.3 is 25.0 Å². The number of pyridine rings is 1. The van der Waals surface area contributed by atoms with Crippen molar-refractivity contribution in [2.24, 2.45) is 0 Å². The van der Waals surface area contributed by atoms with E-state index < -0.39 is 23.5 Å². The number of carbonyl (C=O) groups excluding carboxylic acids is 2. The predicted octanol–water partition coefficient (Wildman–Crippen LogP) is 5.11. The highest BCUT2D eigenvalue weighted by Gasteiger charge is 2.35. The molecule has 0 bridgehead atoms. The number of fused-ring (bicyclic) bond motifs is 1. The third-order valence-electron chi connectivity index (χ3n) is 5.90. The summed E-state index contributed by atoms with van der Waals surface area (Å²) in [5.41, 5.74) is 1.32. The summed E-state index contributed by atoms with van der Waals surface area (Å²) in [5.74, 6) is -1.15. The highest BCUT2D eigenvalue weighted by Crippen LogP contribution is 2.34. The minimum atomic E-state index is -1.26. The van der Waals surface area contributed by atoms with Gasteiger partial charge in [-0.15, -0.1) is 0 Å². The second kappa shape index (κ2) is 11.6. The van der Waals surface area contributed by atoms with Gasteiger partial charge in [0.05, 0.1) is 5.69 Å². The Labute approximate surface area is 230 Å². The summed E-state index contributed by atoms with van der Waals surface area (Å²) < 4.78 is 5.79. The van der Waals surface area contributed by atoms with Gasteiger partial charge in [-0.05, 0) is 62.7 Å². The Bertz CT molecular complexity index is 1480. The molecule has 0 radical (unpaired) electrons. The zero-order valence-electron chi connectivity index (χ0n) is 21.8. The third-order valence-corrected chi connectivity index (χ3v) is 6.14. The molecule has 1 unspecified atom stereocenters. The monoisotopic (exact) mass is 548 g/mol. The van der Waals surface area contributed by atoms with Crippen molar-refractivity contribution in [3.8, 4) is 5.75 Å². The third kappa shape index (κ3) is 6.74. The van der Waals surface area contributed by atoms with Crippen molar-refractivity contribution in [1.29, 1.82) is 0 Å². The van der Waals surface area contributed by atoms with Crippen LogP contribution >= 0.6 is 11.6 Å². The first-order valence-electron chi connectivity index (χ1n) is 12.2. The number of carboxylic acids is 1. The van der Waals surface area contributed by atoms with E-state index >= 15 is 0 Å². The number of H-pyrrole nitrogens is 1. The van der Waals surface area contributed by atoms with E-state index in [2.05, 4.69) is 15.3 Å². The SMILES string of the molecule is CC(C)(C)NC(=O)C(c1c(C(=O)O)[nH]c2cc(Cl)ccc12)N(C=O)Cc1ccc(OCc2ccccn2)cc1. The fraction of sp³-hybridized carbons (Fsp3) is 0.241. The first-order chi connectivity index (χ1) is 18.6. The van der Waals surface area contributed by atoms with Gasteiger partial charge in [0.2, 0.25) is 12.3 Å². The Morgan fingerprint density at radius 2 is 1.90 bits per heavy atom. The maximum atomic E-state index is 13.6. The molecule has 0 saturated heterocycles. The highest BCUT2D eigenvalue weighted by atomic mass is 35.5. The second-order valence-corrected chi connectivity index (χ2v) is 10.5. The number of hydrogen-bond acceptors (Lipinski definition) is 5. The van der Waals surface area contributed by atoms with Gasteiger partial charge in [0.1, 0.15) is 24.1 Å². The Balaban J connectivity index is 1.67. The van der Waals surface area contributed by atoms with E-state index in [9.17, 15) is 19.5 Å². The van der Waals surface area contributed by atoms with E-state index in [0.29, 0.717) is 34.7 Å². The Morgan fingerprint density at radius 1 is 1.15 bits per heavy atom. The molecular formula is C29H29ClN4O5. The molecule has 0 aliphatic carbocycles. The molecular weight excluding hydrogens is 520 g/mol. The minimum absolute atomic E-state index is 0.0472. The first kappa shape index (κ1) is 27.7. The average Bonchev–Trinajstić information content (AvgIpc) is 3.26. The van der Waals surface area contributed by atoms with Crippen molar-refractivity contribution in [1.82, 2.24) is 20.2 Å². The molecule has 4 aromatic rings. The van der Waals surface area contributed by atoms with Gasteiger partial charge in [-0.1, -0.05) is 35.9 Å². The maximum Gasteiger partial charge on any atom is 0.352 e. The van der Waals surface area contributed by atoms with E-state index in [-0.39, 0.29) is 17.8 Å². The Morgan fingerprint density at radius 3 is 2.51 bits per heavy atom. The number of benzene rings is 2. The molecule has 1 atom stereocenters. The molecule has 39 heavy (non-hydrogen) atoms. The number of nitrogens with zero attached hydrogens (tertiary/aromatic N) is 2. The lowest BCUT2D eigenvalue weighted by molar-refractivity contribution is -0.134. The molecule has 202 valence electrons. The Hall–Kier alpha value is -4.37. The Kier molecular flexibility index (Phi) is 8.21. The van der Waals surface area contributed by atoms with Crippen LogP contribution in [0.15, 0.2) is 66.9 Å². The molecule has 0 saturated carbocycles. The molecule has 2 heterocycles. The fourth-order valence-electron chi connectivity index (χ4n) is 4.26. The summed E-state index contributed by atoms with van der Waals surface area (Å²) in [7, 11) is 0. The average molecular weight is 549 g/mol. The van der Waals surface area contributed by atoms with Crippen LogP contribution in [0.2, 0.25) is 5.02 Å². The lowest BCUT2D eigenvalue weighted by Crippen LogP contribution is -2.47. The van der Waals surface area contributed by atoms with Gasteiger partial charge in [-0.2, -0.15) is 0 Å². The van der Waals surface area contributed by atoms with Gasteiger partial charge in [-0.3, -0.25) is 14.6 Å². The molecule has 0 aliphatic heterocycles. The zero-order chi connectivity index (χ0) is 28.2. The number of carbonyl (C=O) groups is 3. The number of aromatic nitrogens is 2. The van der Waals surface area contributed by atoms with E-state index in [1.165, 1.54) is 4.90 Å². The predicted molar refractivity (Wildman–Crippen MR) is 148 cm³/mol. The highest BCUT2D eigenvalue weighted by molar-refractivity contribution is 6.31. The van der Waals surface area contributed by atoms with Crippen LogP contribution in [-0.4, -0.2) is 43.8 Å². The molecule has 2 aromatic carbocycles. The number of nitrogens with one attached hydrogen (secondary N) is 2. The number of ether oxygens (including phenoxy) is 1. The second-order valence-electron chi connectivity index (χ2n) is 10.1. The van der Waals surface area contributed by atoms with Crippen molar-refractivity contribution in [2.45, 2.75) is 45.5 Å². The summed E-state index contributed by atoms with van der Waals surface area (Å²) in [5, 5.41) is 13.8. The molecule has 9 nitrogen and oxygen atoms in total. The molecule has 0 spiro atoms. The molecule has 4 rings (SSSR count). The lowest BCUT2D eigenvalue weighted by atomic mass is 9.98. The van der Waals surface area contributed by atoms with Gasteiger partial charge in [0.15, 0.2) is 0 Å². The summed E-state index contributed by atoms with van der Waals surface area (Å²) >= 11 is 6.13. The van der Waals surface area contributed by atoms with Gasteiger partial charge in [0, 0.05) is 39.8 Å². The van der Waals surface area contributed by atoms with Gasteiger partial charge in [0.25, 0.3) is 0 Å². The van der Waals surface area contributed by atoms with Crippen molar-refractivity contribution in [3.05, 3.63) is 94.4 Å². The standard InChI is InChI=1S/C29H29ClN4O5/c1-29(2,3)33-27(36)26(24-22-12-9-19(30)14-23(22)32-25(24)28(37)38)34(17-35)15-18-7-10-21(11-8-18)39-16-20-6-4-5-13-31-20/h4-14,17,26,32H,15-16H2,1-3H3,(H,33,36)(H,37,38). The van der Waals surface area contributed by atoms with Crippen molar-refractivity contribution >= 4 is 40.8 Å². The summed E-state index contributed by atoms with van der Waals surface area (Å²) in [6.45, 7) is 5.78. The fourth-order valence-corrected chi connectivity index (χ4v) is 4.43. The summed E-state index contributed by atoms with van der Waals surface area (Å²) in [6, 6.07) is 16.3. The zero-order valence-corrected chi connectivity index (χ0v) is 22.5. The van der Waals surface area contributed by atoms with Crippen LogP contribution in [0.5, 0.6) is 5.75 Å². The van der Waals surface area contributed by atoms with E-state index in [0.717, 1.165) is 11.3 Å². The molecule has 10 heteroatoms. The number of halogens is 1. The topological polar surface area (TPSA) is 125 Å². The van der Waals surface area contributed by atoms with Crippen molar-refractivity contribution < 1.29 is 24.2 Å². The molecule has 2 amide bonds. The van der Waals surface area contributed by atoms with Crippen molar-refractivity contribution in [2.75, 3.05) is 0 Å². The number of carboxylic acid groups (broad SMARTS) is 1. The lowest BCUT2D eigenvalue weighted by Gasteiger charge is -2.31. The van der Waals surface area contributed by atoms with Crippen LogP contribution < -0.4 is 10.1 Å². The molecule has 3 N–H and O–H groups in total.